The van der Waals surface area contributed by atoms with Crippen LogP contribution in [0.2, 0.25) is 0 Å². The van der Waals surface area contributed by atoms with Gasteiger partial charge in [-0.15, -0.1) is 0 Å². The Balaban J connectivity index is 1.54. The number of carbonyl (C=O) groups is 1. The van der Waals surface area contributed by atoms with E-state index in [0.717, 1.165) is 49.7 Å². The smallest absolute Gasteiger partial charge is 0.413 e. The minimum atomic E-state index is -0.642. The fourth-order valence-corrected chi connectivity index (χ4v) is 4.30. The third-order valence-electron chi connectivity index (χ3n) is 6.29. The van der Waals surface area contributed by atoms with Gasteiger partial charge in [0.2, 0.25) is 5.95 Å². The SMILES string of the molecule is CCOC(=O)Nc1nc2c(-c3nccc(C(C)(C)N)n3)cc(-c3ccc(CN4CCOCC4)nc3)cc2[nH]1. The number of pyridine rings is 1. The van der Waals surface area contributed by atoms with E-state index in [1.807, 2.05) is 38.2 Å². The van der Waals surface area contributed by atoms with Gasteiger partial charge in [-0.3, -0.25) is 15.2 Å². The zero-order valence-corrected chi connectivity index (χ0v) is 21.8. The van der Waals surface area contributed by atoms with Crippen LogP contribution in [0.3, 0.4) is 0 Å². The Bertz CT molecular complexity index is 1420. The number of benzene rings is 1. The average molecular weight is 517 g/mol. The first-order chi connectivity index (χ1) is 18.3. The lowest BCUT2D eigenvalue weighted by atomic mass is 10.0. The number of morpholine rings is 1. The van der Waals surface area contributed by atoms with Gasteiger partial charge in [0.05, 0.1) is 42.3 Å². The molecule has 1 fully saturated rings. The van der Waals surface area contributed by atoms with Crippen LogP contribution in [0, 0.1) is 0 Å². The Kier molecular flexibility index (Phi) is 7.32. The van der Waals surface area contributed by atoms with Gasteiger partial charge in [-0.2, -0.15) is 0 Å². The van der Waals surface area contributed by atoms with E-state index in [9.17, 15) is 4.79 Å². The molecule has 1 aliphatic rings. The predicted octanol–water partition coefficient (Wildman–Crippen LogP) is 3.68. The molecule has 1 saturated heterocycles. The van der Waals surface area contributed by atoms with Crippen LogP contribution in [-0.2, 0) is 21.6 Å². The number of aromatic amines is 1. The van der Waals surface area contributed by atoms with E-state index >= 15 is 0 Å². The summed E-state index contributed by atoms with van der Waals surface area (Å²) in [4.78, 5) is 36.1. The number of fused-ring (bicyclic) bond motifs is 1. The Morgan fingerprint density at radius 3 is 2.68 bits per heavy atom. The van der Waals surface area contributed by atoms with Crippen molar-refractivity contribution in [2.75, 3.05) is 38.2 Å². The monoisotopic (exact) mass is 516 g/mol. The van der Waals surface area contributed by atoms with Gasteiger partial charge in [0.25, 0.3) is 0 Å². The number of amides is 1. The van der Waals surface area contributed by atoms with Crippen LogP contribution >= 0.6 is 0 Å². The summed E-state index contributed by atoms with van der Waals surface area (Å²) in [7, 11) is 0. The van der Waals surface area contributed by atoms with Crippen molar-refractivity contribution in [3.63, 3.8) is 0 Å². The Hall–Kier alpha value is -3.93. The molecule has 0 atom stereocenters. The molecule has 1 aromatic carbocycles. The van der Waals surface area contributed by atoms with E-state index in [0.29, 0.717) is 28.1 Å². The van der Waals surface area contributed by atoms with Crippen molar-refractivity contribution in [3.8, 4) is 22.5 Å². The molecule has 5 rings (SSSR count). The number of hydrogen-bond acceptors (Lipinski definition) is 9. The number of anilines is 1. The van der Waals surface area contributed by atoms with Gasteiger partial charge in [0.15, 0.2) is 5.82 Å². The summed E-state index contributed by atoms with van der Waals surface area (Å²) in [6.07, 6.45) is 2.98. The molecule has 11 heteroatoms. The lowest BCUT2D eigenvalue weighted by Crippen LogP contribution is -2.35. The minimum Gasteiger partial charge on any atom is -0.450 e. The molecule has 0 aliphatic carbocycles. The Labute approximate surface area is 220 Å². The van der Waals surface area contributed by atoms with Gasteiger partial charge < -0.3 is 20.2 Å². The van der Waals surface area contributed by atoms with Gasteiger partial charge in [0.1, 0.15) is 5.52 Å². The van der Waals surface area contributed by atoms with Crippen LogP contribution < -0.4 is 11.1 Å². The maximum absolute atomic E-state index is 12.0. The second kappa shape index (κ2) is 10.8. The number of nitrogens with two attached hydrogens (primary N) is 1. The van der Waals surface area contributed by atoms with Crippen LogP contribution in [0.5, 0.6) is 0 Å². The molecule has 1 aliphatic heterocycles. The highest BCUT2D eigenvalue weighted by molar-refractivity contribution is 5.96. The molecule has 4 N–H and O–H groups in total. The maximum atomic E-state index is 12.0. The standard InChI is InChI=1S/C27H32N8O3/c1-4-38-26(36)34-25-31-21-14-18(17-5-6-19(30-15-17)16-35-9-11-37-12-10-35)13-20(23(21)33-25)24-29-8-7-22(32-24)27(2,3)28/h5-8,13-15H,4,9-12,16,28H2,1-3H3,(H2,31,33,34,36). The van der Waals surface area contributed by atoms with Crippen molar-refractivity contribution in [2.45, 2.75) is 32.9 Å². The van der Waals surface area contributed by atoms with Crippen molar-refractivity contribution < 1.29 is 14.3 Å². The van der Waals surface area contributed by atoms with Crippen LogP contribution in [0.1, 0.15) is 32.2 Å². The van der Waals surface area contributed by atoms with Gasteiger partial charge >= 0.3 is 6.09 Å². The predicted molar refractivity (Wildman–Crippen MR) is 144 cm³/mol. The molecular formula is C27H32N8O3. The highest BCUT2D eigenvalue weighted by atomic mass is 16.5. The second-order valence-electron chi connectivity index (χ2n) is 9.76. The zero-order chi connectivity index (χ0) is 26.7. The molecule has 0 bridgehead atoms. The summed E-state index contributed by atoms with van der Waals surface area (Å²) in [5.41, 5.74) is 11.2. The summed E-state index contributed by atoms with van der Waals surface area (Å²) in [5, 5.41) is 2.64. The molecule has 198 valence electrons. The van der Waals surface area contributed by atoms with Crippen molar-refractivity contribution in [1.29, 1.82) is 0 Å². The van der Waals surface area contributed by atoms with Gasteiger partial charge in [-0.25, -0.2) is 19.7 Å². The molecule has 0 saturated carbocycles. The third-order valence-corrected chi connectivity index (χ3v) is 6.29. The van der Waals surface area contributed by atoms with E-state index in [2.05, 4.69) is 31.2 Å². The number of nitrogens with zero attached hydrogens (tertiary/aromatic N) is 5. The number of carbonyl (C=O) groups excluding carboxylic acids is 1. The summed E-state index contributed by atoms with van der Waals surface area (Å²) in [6.45, 7) is 9.89. The van der Waals surface area contributed by atoms with Crippen LogP contribution in [0.15, 0.2) is 42.7 Å². The molecule has 1 amide bonds. The van der Waals surface area contributed by atoms with Gasteiger partial charge in [-0.1, -0.05) is 6.07 Å². The summed E-state index contributed by atoms with van der Waals surface area (Å²) < 4.78 is 10.4. The number of imidazole rings is 1. The fraction of sp³-hybridized carbons (Fsp3) is 0.370. The van der Waals surface area contributed by atoms with E-state index in [1.54, 1.807) is 19.2 Å². The van der Waals surface area contributed by atoms with Crippen molar-refractivity contribution in [2.24, 2.45) is 5.73 Å². The highest BCUT2D eigenvalue weighted by Crippen LogP contribution is 2.33. The highest BCUT2D eigenvalue weighted by Gasteiger charge is 2.20. The lowest BCUT2D eigenvalue weighted by Gasteiger charge is -2.26. The molecule has 0 radical (unpaired) electrons. The van der Waals surface area contributed by atoms with E-state index < -0.39 is 11.6 Å². The maximum Gasteiger partial charge on any atom is 0.413 e. The van der Waals surface area contributed by atoms with E-state index in [1.165, 1.54) is 0 Å². The molecule has 0 spiro atoms. The molecule has 11 nitrogen and oxygen atoms in total. The normalized spacial score (nSPS) is 14.5. The van der Waals surface area contributed by atoms with Gasteiger partial charge in [-0.05, 0) is 50.6 Å². The molecule has 0 unspecified atom stereocenters. The summed E-state index contributed by atoms with van der Waals surface area (Å²) in [5.74, 6) is 0.755. The summed E-state index contributed by atoms with van der Waals surface area (Å²) in [6, 6.07) is 9.86. The first kappa shape index (κ1) is 25.7. The Morgan fingerprint density at radius 2 is 1.97 bits per heavy atom. The molecule has 4 heterocycles. The van der Waals surface area contributed by atoms with Crippen LogP contribution in [0.4, 0.5) is 10.7 Å². The number of ether oxygens (including phenoxy) is 2. The molecule has 38 heavy (non-hydrogen) atoms. The first-order valence-corrected chi connectivity index (χ1v) is 12.7. The number of nitrogens with one attached hydrogen (secondary N) is 2. The van der Waals surface area contributed by atoms with E-state index in [4.69, 9.17) is 25.2 Å². The average Bonchev–Trinajstić information content (AvgIpc) is 3.31. The fourth-order valence-electron chi connectivity index (χ4n) is 4.30. The zero-order valence-electron chi connectivity index (χ0n) is 21.8. The number of hydrogen-bond donors (Lipinski definition) is 3. The third kappa shape index (κ3) is 5.80. The topological polar surface area (TPSA) is 144 Å². The second-order valence-corrected chi connectivity index (χ2v) is 9.76. The van der Waals surface area contributed by atoms with Crippen molar-refractivity contribution in [3.05, 3.63) is 54.1 Å². The van der Waals surface area contributed by atoms with E-state index in [-0.39, 0.29) is 12.6 Å². The number of H-pyrrole nitrogens is 1. The molecule has 4 aromatic rings. The lowest BCUT2D eigenvalue weighted by molar-refractivity contribution is 0.0336. The molecular weight excluding hydrogens is 484 g/mol. The largest absolute Gasteiger partial charge is 0.450 e. The van der Waals surface area contributed by atoms with Gasteiger partial charge in [0, 0.05) is 43.2 Å². The Morgan fingerprint density at radius 1 is 1.16 bits per heavy atom. The molecule has 3 aromatic heterocycles. The minimum absolute atomic E-state index is 0.255. The van der Waals surface area contributed by atoms with Crippen LogP contribution in [-0.4, -0.2) is 68.8 Å². The van der Waals surface area contributed by atoms with Crippen LogP contribution in [0.25, 0.3) is 33.5 Å². The quantitative estimate of drug-likeness (QED) is 0.335. The summed E-state index contributed by atoms with van der Waals surface area (Å²) >= 11 is 0. The number of rotatable bonds is 7. The van der Waals surface area contributed by atoms with Crippen molar-refractivity contribution in [1.82, 2.24) is 29.8 Å². The van der Waals surface area contributed by atoms with Crippen molar-refractivity contribution >= 4 is 23.1 Å². The number of aromatic nitrogens is 5. The first-order valence-electron chi connectivity index (χ1n) is 12.7.